The molecule has 0 aliphatic rings. The van der Waals surface area contributed by atoms with Gasteiger partial charge in [-0.15, -0.1) is 0 Å². The molecule has 0 fully saturated rings. The van der Waals surface area contributed by atoms with Gasteiger partial charge in [0.1, 0.15) is 5.69 Å². The van der Waals surface area contributed by atoms with Gasteiger partial charge in [0.2, 0.25) is 0 Å². The van der Waals surface area contributed by atoms with Crippen LogP contribution in [0, 0.1) is 10.1 Å². The van der Waals surface area contributed by atoms with Crippen LogP contribution in [0.2, 0.25) is 0 Å². The van der Waals surface area contributed by atoms with Crippen molar-refractivity contribution in [1.82, 2.24) is 9.97 Å². The molecule has 0 spiro atoms. The van der Waals surface area contributed by atoms with Crippen molar-refractivity contribution in [2.24, 2.45) is 0 Å². The zero-order chi connectivity index (χ0) is 12.3. The molecule has 2 N–H and O–H groups in total. The highest BCUT2D eigenvalue weighted by atomic mass is 16.6. The summed E-state index contributed by atoms with van der Waals surface area (Å²) in [4.78, 5) is 26.8. The topological polar surface area (TPSA) is 136 Å². The number of hydrogen-bond acceptors (Lipinski definition) is 8. The Morgan fingerprint density at radius 2 is 2.12 bits per heavy atom. The summed E-state index contributed by atoms with van der Waals surface area (Å²) in [6, 6.07) is -0.859. The quantitative estimate of drug-likeness (QED) is 0.402. The molecule has 0 unspecified atom stereocenters. The Morgan fingerprint density at radius 1 is 1.50 bits per heavy atom. The molecule has 9 heteroatoms. The standard InChI is InChI=1S/C7H7N3O6/c1-16-4(11)2-3-5(10(14)15)6(12)9-7(13)8-3/h2H2,1H3,(H2,8,9,12,13). The fourth-order valence-electron chi connectivity index (χ4n) is 0.995. The molecule has 1 heterocycles. The van der Waals surface area contributed by atoms with Gasteiger partial charge in [-0.25, -0.2) is 0 Å². The molecule has 0 aromatic carbocycles. The summed E-state index contributed by atoms with van der Waals surface area (Å²) in [5, 5.41) is 28.6. The van der Waals surface area contributed by atoms with Gasteiger partial charge >= 0.3 is 17.7 Å². The van der Waals surface area contributed by atoms with Gasteiger partial charge in [0, 0.05) is 0 Å². The van der Waals surface area contributed by atoms with E-state index >= 15 is 0 Å². The number of carbonyl (C=O) groups excluding carboxylic acids is 1. The lowest BCUT2D eigenvalue weighted by atomic mass is 10.2. The van der Waals surface area contributed by atoms with E-state index < -0.39 is 40.6 Å². The van der Waals surface area contributed by atoms with E-state index in [0.29, 0.717) is 0 Å². The highest BCUT2D eigenvalue weighted by Crippen LogP contribution is 2.28. The van der Waals surface area contributed by atoms with E-state index in [1.165, 1.54) is 0 Å². The lowest BCUT2D eigenvalue weighted by molar-refractivity contribution is -0.387. The average molecular weight is 229 g/mol. The lowest BCUT2D eigenvalue weighted by Gasteiger charge is -2.02. The zero-order valence-corrected chi connectivity index (χ0v) is 8.08. The third-order valence-electron chi connectivity index (χ3n) is 1.65. The minimum absolute atomic E-state index is 0.415. The highest BCUT2D eigenvalue weighted by Gasteiger charge is 2.26. The number of methoxy groups -OCH3 is 1. The van der Waals surface area contributed by atoms with E-state index in [1.54, 1.807) is 0 Å². The summed E-state index contributed by atoms with van der Waals surface area (Å²) in [6.45, 7) is 0. The fraction of sp³-hybridized carbons (Fsp3) is 0.286. The Balaban J connectivity index is 3.24. The molecule has 0 amide bonds. The minimum Gasteiger partial charge on any atom is -0.488 e. The molecule has 1 aromatic heterocycles. The van der Waals surface area contributed by atoms with Crippen LogP contribution in [0.4, 0.5) is 5.69 Å². The number of aromatic hydroxyl groups is 2. The normalized spacial score (nSPS) is 9.81. The molecule has 1 rings (SSSR count). The maximum Gasteiger partial charge on any atom is 0.352 e. The van der Waals surface area contributed by atoms with Crippen molar-refractivity contribution in [3.63, 3.8) is 0 Å². The smallest absolute Gasteiger partial charge is 0.352 e. The number of carbonyl (C=O) groups is 1. The number of nitrogens with zero attached hydrogens (tertiary/aromatic N) is 3. The number of ether oxygens (including phenoxy) is 1. The summed E-state index contributed by atoms with van der Waals surface area (Å²) in [7, 11) is 1.09. The molecule has 0 radical (unpaired) electrons. The van der Waals surface area contributed by atoms with Gasteiger partial charge in [0.15, 0.2) is 0 Å². The van der Waals surface area contributed by atoms with Gasteiger partial charge in [-0.05, 0) is 0 Å². The molecule has 0 bridgehead atoms. The van der Waals surface area contributed by atoms with Crippen LogP contribution in [-0.4, -0.2) is 38.2 Å². The van der Waals surface area contributed by atoms with Crippen LogP contribution >= 0.6 is 0 Å². The molecular weight excluding hydrogens is 222 g/mol. The van der Waals surface area contributed by atoms with Gasteiger partial charge < -0.3 is 14.9 Å². The van der Waals surface area contributed by atoms with Crippen LogP contribution in [-0.2, 0) is 16.0 Å². The van der Waals surface area contributed by atoms with Gasteiger partial charge in [0.25, 0.3) is 5.88 Å². The maximum absolute atomic E-state index is 10.9. The summed E-state index contributed by atoms with van der Waals surface area (Å²) < 4.78 is 4.28. The van der Waals surface area contributed by atoms with Crippen molar-refractivity contribution < 1.29 is 24.7 Å². The van der Waals surface area contributed by atoms with Gasteiger partial charge in [-0.3, -0.25) is 14.9 Å². The van der Waals surface area contributed by atoms with Gasteiger partial charge in [-0.2, -0.15) is 9.97 Å². The van der Waals surface area contributed by atoms with E-state index in [9.17, 15) is 14.9 Å². The molecule has 0 saturated carbocycles. The first-order valence-electron chi connectivity index (χ1n) is 3.95. The Labute approximate surface area is 88.5 Å². The average Bonchev–Trinajstić information content (AvgIpc) is 2.15. The monoisotopic (exact) mass is 229 g/mol. The van der Waals surface area contributed by atoms with Gasteiger partial charge in [0.05, 0.1) is 18.5 Å². The van der Waals surface area contributed by atoms with Crippen molar-refractivity contribution in [2.75, 3.05) is 7.11 Å². The number of esters is 1. The van der Waals surface area contributed by atoms with Crippen LogP contribution in [0.5, 0.6) is 11.9 Å². The van der Waals surface area contributed by atoms with Crippen molar-refractivity contribution in [2.45, 2.75) is 6.42 Å². The van der Waals surface area contributed by atoms with Crippen molar-refractivity contribution >= 4 is 11.7 Å². The molecule has 9 nitrogen and oxygen atoms in total. The first-order valence-corrected chi connectivity index (χ1v) is 3.95. The van der Waals surface area contributed by atoms with E-state index in [1.807, 2.05) is 0 Å². The lowest BCUT2D eigenvalue weighted by Crippen LogP contribution is -2.09. The zero-order valence-electron chi connectivity index (χ0n) is 8.08. The minimum atomic E-state index is -1.00. The summed E-state index contributed by atoms with van der Waals surface area (Å²) in [5.74, 6) is -1.79. The summed E-state index contributed by atoms with van der Waals surface area (Å²) >= 11 is 0. The number of rotatable bonds is 3. The molecule has 16 heavy (non-hydrogen) atoms. The van der Waals surface area contributed by atoms with Crippen molar-refractivity contribution in [1.29, 1.82) is 0 Å². The van der Waals surface area contributed by atoms with Crippen LogP contribution in [0.25, 0.3) is 0 Å². The highest BCUT2D eigenvalue weighted by molar-refractivity contribution is 5.73. The van der Waals surface area contributed by atoms with Crippen LogP contribution in [0.1, 0.15) is 5.69 Å². The number of nitro groups is 1. The van der Waals surface area contributed by atoms with Crippen LogP contribution in [0.15, 0.2) is 0 Å². The van der Waals surface area contributed by atoms with E-state index in [2.05, 4.69) is 14.7 Å². The van der Waals surface area contributed by atoms with Crippen molar-refractivity contribution in [3.8, 4) is 11.9 Å². The first-order chi connectivity index (χ1) is 7.45. The molecule has 86 valence electrons. The second-order valence-electron chi connectivity index (χ2n) is 2.65. The second-order valence-corrected chi connectivity index (χ2v) is 2.65. The third-order valence-corrected chi connectivity index (χ3v) is 1.65. The molecule has 1 aromatic rings. The van der Waals surface area contributed by atoms with E-state index in [0.717, 1.165) is 7.11 Å². The predicted molar refractivity (Wildman–Crippen MR) is 47.7 cm³/mol. The van der Waals surface area contributed by atoms with Crippen LogP contribution < -0.4 is 0 Å². The first kappa shape index (κ1) is 11.6. The largest absolute Gasteiger partial charge is 0.488 e. The Hall–Kier alpha value is -2.45. The second kappa shape index (κ2) is 4.38. The molecule has 0 aliphatic heterocycles. The Morgan fingerprint density at radius 3 is 2.62 bits per heavy atom. The molecular formula is C7H7N3O6. The Kier molecular flexibility index (Phi) is 3.18. The summed E-state index contributed by atoms with van der Waals surface area (Å²) in [5.41, 5.74) is -1.25. The van der Waals surface area contributed by atoms with Crippen LogP contribution in [0.3, 0.4) is 0 Å². The van der Waals surface area contributed by atoms with Gasteiger partial charge in [-0.1, -0.05) is 0 Å². The Bertz CT molecular complexity index is 446. The molecule has 0 saturated heterocycles. The fourth-order valence-corrected chi connectivity index (χ4v) is 0.995. The summed E-state index contributed by atoms with van der Waals surface area (Å²) in [6.07, 6.45) is -0.545. The predicted octanol–water partition coefficient (Wildman–Crippen LogP) is -0.489. The van der Waals surface area contributed by atoms with E-state index in [-0.39, 0.29) is 0 Å². The van der Waals surface area contributed by atoms with Crippen molar-refractivity contribution in [3.05, 3.63) is 15.8 Å². The number of aromatic nitrogens is 2. The third kappa shape index (κ3) is 2.32. The number of hydrogen-bond donors (Lipinski definition) is 2. The maximum atomic E-state index is 10.9. The molecule has 0 aliphatic carbocycles. The van der Waals surface area contributed by atoms with E-state index in [4.69, 9.17) is 10.2 Å². The SMILES string of the molecule is COC(=O)Cc1nc(O)nc(O)c1[N+](=O)[O-]. The molecule has 0 atom stereocenters.